The van der Waals surface area contributed by atoms with Crippen LogP contribution >= 0.6 is 0 Å². The third-order valence-corrected chi connectivity index (χ3v) is 6.30. The van der Waals surface area contributed by atoms with Crippen LogP contribution in [0.3, 0.4) is 0 Å². The van der Waals surface area contributed by atoms with E-state index in [1.807, 2.05) is 6.92 Å². The van der Waals surface area contributed by atoms with Crippen molar-refractivity contribution >= 4 is 39.2 Å². The highest BCUT2D eigenvalue weighted by atomic mass is 32.2. The lowest BCUT2D eigenvalue weighted by atomic mass is 10.1. The van der Waals surface area contributed by atoms with Gasteiger partial charge >= 0.3 is 5.97 Å². The minimum Gasteiger partial charge on any atom is -0.462 e. The van der Waals surface area contributed by atoms with Crippen LogP contribution in [0.25, 0.3) is 0 Å². The number of hydrogen-bond acceptors (Lipinski definition) is 7. The SMILES string of the molecule is CCCCOC(=O)c1ccc(NC(=O)C(CCS(C)(=O)=O)N2C(=O)c3ccccc3C2=O)cc1. The molecule has 0 fully saturated rings. The van der Waals surface area contributed by atoms with Crippen molar-refractivity contribution in [1.82, 2.24) is 4.90 Å². The zero-order valence-electron chi connectivity index (χ0n) is 18.9. The molecule has 0 radical (unpaired) electrons. The first-order chi connectivity index (χ1) is 16.1. The van der Waals surface area contributed by atoms with E-state index in [9.17, 15) is 27.6 Å². The molecule has 1 N–H and O–H groups in total. The van der Waals surface area contributed by atoms with Crippen molar-refractivity contribution in [3.8, 4) is 0 Å². The van der Waals surface area contributed by atoms with Crippen LogP contribution in [0.5, 0.6) is 0 Å². The molecule has 180 valence electrons. The van der Waals surface area contributed by atoms with Crippen LogP contribution in [-0.4, -0.2) is 61.7 Å². The lowest BCUT2D eigenvalue weighted by molar-refractivity contribution is -0.120. The molecule has 2 aromatic carbocycles. The molecule has 2 aromatic rings. The summed E-state index contributed by atoms with van der Waals surface area (Å²) in [4.78, 5) is 51.7. The Morgan fingerprint density at radius 2 is 1.59 bits per heavy atom. The third-order valence-electron chi connectivity index (χ3n) is 5.32. The van der Waals surface area contributed by atoms with E-state index in [-0.39, 0.29) is 23.3 Å². The van der Waals surface area contributed by atoms with Crippen LogP contribution < -0.4 is 5.32 Å². The molecule has 1 aliphatic rings. The average Bonchev–Trinajstić information content (AvgIpc) is 3.04. The Kier molecular flexibility index (Phi) is 7.83. The summed E-state index contributed by atoms with van der Waals surface area (Å²) in [6, 6.07) is 10.8. The zero-order chi connectivity index (χ0) is 24.9. The molecule has 9 nitrogen and oxygen atoms in total. The lowest BCUT2D eigenvalue weighted by Gasteiger charge is -2.25. The van der Waals surface area contributed by atoms with E-state index in [2.05, 4.69) is 5.32 Å². The topological polar surface area (TPSA) is 127 Å². The molecule has 0 aromatic heterocycles. The number of ether oxygens (including phenoxy) is 1. The molecule has 3 rings (SSSR count). The number of unbranched alkanes of at least 4 members (excludes halogenated alkanes) is 1. The standard InChI is InChI=1S/C24H26N2O7S/c1-3-4-14-33-24(30)16-9-11-17(12-10-16)25-21(27)20(13-15-34(2,31)32)26-22(28)18-7-5-6-8-19(18)23(26)29/h5-12,20H,3-4,13-15H2,1-2H3,(H,25,27). The molecule has 1 aliphatic heterocycles. The van der Waals surface area contributed by atoms with Gasteiger partial charge in [-0.15, -0.1) is 0 Å². The van der Waals surface area contributed by atoms with Gasteiger partial charge in [-0.3, -0.25) is 19.3 Å². The number of fused-ring (bicyclic) bond motifs is 1. The predicted octanol–water partition coefficient (Wildman–Crippen LogP) is 2.68. The summed E-state index contributed by atoms with van der Waals surface area (Å²) in [5.74, 6) is -2.89. The Morgan fingerprint density at radius 3 is 2.12 bits per heavy atom. The van der Waals surface area contributed by atoms with Gasteiger partial charge in [0.2, 0.25) is 5.91 Å². The van der Waals surface area contributed by atoms with Crippen LogP contribution in [0.1, 0.15) is 57.3 Å². The summed E-state index contributed by atoms with van der Waals surface area (Å²) in [6.45, 7) is 2.30. The van der Waals surface area contributed by atoms with Gasteiger partial charge in [0.25, 0.3) is 11.8 Å². The van der Waals surface area contributed by atoms with Gasteiger partial charge in [-0.05, 0) is 49.2 Å². The Bertz CT molecular complexity index is 1170. The number of esters is 1. The highest BCUT2D eigenvalue weighted by Crippen LogP contribution is 2.26. The van der Waals surface area contributed by atoms with Crippen LogP contribution in [0.15, 0.2) is 48.5 Å². The van der Waals surface area contributed by atoms with Crippen LogP contribution in [-0.2, 0) is 19.4 Å². The highest BCUT2D eigenvalue weighted by molar-refractivity contribution is 7.90. The number of hydrogen-bond donors (Lipinski definition) is 1. The Hall–Kier alpha value is -3.53. The molecule has 1 heterocycles. The smallest absolute Gasteiger partial charge is 0.338 e. The van der Waals surface area contributed by atoms with Gasteiger partial charge in [-0.25, -0.2) is 13.2 Å². The van der Waals surface area contributed by atoms with Gasteiger partial charge in [0.1, 0.15) is 15.9 Å². The first kappa shape index (κ1) is 25.1. The number of nitrogens with zero attached hydrogens (tertiary/aromatic N) is 1. The maximum Gasteiger partial charge on any atom is 0.338 e. The molecular weight excluding hydrogens is 460 g/mol. The molecule has 0 bridgehead atoms. The largest absolute Gasteiger partial charge is 0.462 e. The fraction of sp³-hybridized carbons (Fsp3) is 0.333. The van der Waals surface area contributed by atoms with E-state index in [0.29, 0.717) is 17.9 Å². The summed E-state index contributed by atoms with van der Waals surface area (Å²) in [5.41, 5.74) is 0.949. The number of carbonyl (C=O) groups is 4. The van der Waals surface area contributed by atoms with E-state index >= 15 is 0 Å². The van der Waals surface area contributed by atoms with Crippen molar-refractivity contribution in [2.45, 2.75) is 32.2 Å². The van der Waals surface area contributed by atoms with Gasteiger partial charge in [0, 0.05) is 11.9 Å². The first-order valence-corrected chi connectivity index (χ1v) is 12.9. The molecule has 34 heavy (non-hydrogen) atoms. The van der Waals surface area contributed by atoms with Crippen molar-refractivity contribution in [2.75, 3.05) is 23.9 Å². The van der Waals surface area contributed by atoms with E-state index in [0.717, 1.165) is 24.0 Å². The van der Waals surface area contributed by atoms with Crippen molar-refractivity contribution in [2.24, 2.45) is 0 Å². The molecule has 3 amide bonds. The number of rotatable bonds is 10. The second-order valence-electron chi connectivity index (χ2n) is 8.02. The number of carbonyl (C=O) groups excluding carboxylic acids is 4. The van der Waals surface area contributed by atoms with Gasteiger partial charge in [-0.1, -0.05) is 25.5 Å². The minimum absolute atomic E-state index is 0.163. The Labute approximate surface area is 198 Å². The summed E-state index contributed by atoms with van der Waals surface area (Å²) in [5, 5.41) is 2.61. The molecule has 0 saturated carbocycles. The number of amides is 3. The number of sulfone groups is 1. The molecule has 0 saturated heterocycles. The third kappa shape index (κ3) is 5.88. The van der Waals surface area contributed by atoms with E-state index in [1.165, 1.54) is 36.4 Å². The number of benzene rings is 2. The lowest BCUT2D eigenvalue weighted by Crippen LogP contribution is -2.48. The van der Waals surface area contributed by atoms with Crippen LogP contribution in [0.2, 0.25) is 0 Å². The fourth-order valence-electron chi connectivity index (χ4n) is 3.50. The Balaban J connectivity index is 1.78. The average molecular weight is 487 g/mol. The second kappa shape index (κ2) is 10.6. The molecule has 0 spiro atoms. The number of anilines is 1. The maximum absolute atomic E-state index is 13.1. The molecule has 10 heteroatoms. The molecular formula is C24H26N2O7S. The molecule has 0 aliphatic carbocycles. The number of imide groups is 1. The monoisotopic (exact) mass is 486 g/mol. The Morgan fingerprint density at radius 1 is 1.00 bits per heavy atom. The van der Waals surface area contributed by atoms with Gasteiger partial charge < -0.3 is 10.1 Å². The van der Waals surface area contributed by atoms with E-state index < -0.39 is 39.6 Å². The minimum atomic E-state index is -3.46. The van der Waals surface area contributed by atoms with Crippen molar-refractivity contribution < 1.29 is 32.3 Å². The van der Waals surface area contributed by atoms with Gasteiger partial charge in [0.05, 0.1) is 29.1 Å². The van der Waals surface area contributed by atoms with Crippen molar-refractivity contribution in [3.05, 3.63) is 65.2 Å². The summed E-state index contributed by atoms with van der Waals surface area (Å²) in [6.07, 6.45) is 2.42. The van der Waals surface area contributed by atoms with Crippen molar-refractivity contribution in [1.29, 1.82) is 0 Å². The molecule has 1 atom stereocenters. The van der Waals surface area contributed by atoms with Crippen LogP contribution in [0.4, 0.5) is 5.69 Å². The highest BCUT2D eigenvalue weighted by Gasteiger charge is 2.42. The first-order valence-electron chi connectivity index (χ1n) is 10.8. The number of nitrogens with one attached hydrogen (secondary N) is 1. The van der Waals surface area contributed by atoms with Crippen molar-refractivity contribution in [3.63, 3.8) is 0 Å². The summed E-state index contributed by atoms with van der Waals surface area (Å²) >= 11 is 0. The van der Waals surface area contributed by atoms with Gasteiger partial charge in [-0.2, -0.15) is 0 Å². The predicted molar refractivity (Wildman–Crippen MR) is 125 cm³/mol. The van der Waals surface area contributed by atoms with Gasteiger partial charge in [0.15, 0.2) is 0 Å². The van der Waals surface area contributed by atoms with E-state index in [1.54, 1.807) is 12.1 Å². The molecule has 1 unspecified atom stereocenters. The quantitative estimate of drug-likeness (QED) is 0.311. The summed E-state index contributed by atoms with van der Waals surface area (Å²) < 4.78 is 28.6. The fourth-order valence-corrected chi connectivity index (χ4v) is 4.15. The second-order valence-corrected chi connectivity index (χ2v) is 10.3. The van der Waals surface area contributed by atoms with E-state index in [4.69, 9.17) is 4.74 Å². The van der Waals surface area contributed by atoms with Crippen LogP contribution in [0, 0.1) is 0 Å². The maximum atomic E-state index is 13.1. The normalized spacial score (nSPS) is 14.0. The summed E-state index contributed by atoms with van der Waals surface area (Å²) in [7, 11) is -3.46. The zero-order valence-corrected chi connectivity index (χ0v) is 19.8.